The van der Waals surface area contributed by atoms with Gasteiger partial charge in [-0.25, -0.2) is 4.79 Å². The number of carboxylic acid groups (broad SMARTS) is 3. The fraction of sp³-hybridized carbons (Fsp3) is 0.742. The highest BCUT2D eigenvalue weighted by molar-refractivity contribution is 5.97. The first-order valence-corrected chi connectivity index (χ1v) is 16.2. The van der Waals surface area contributed by atoms with E-state index in [4.69, 9.17) is 10.8 Å². The molecule has 280 valence electrons. The SMILES string of the molecule is CC(C)C[C@H](NC(=O)[C@@H](NC(=O)[C@H](CC(C)C)NC(=O)[C@H](CCC(=O)O)NC(=O)[C@H](CC(C)C)NC(=O)[C@@H](N)CC(=O)O)[C@@H](C)O)C(=O)O. The van der Waals surface area contributed by atoms with E-state index >= 15 is 0 Å². The first-order valence-electron chi connectivity index (χ1n) is 16.2. The molecule has 0 heterocycles. The summed E-state index contributed by atoms with van der Waals surface area (Å²) in [6, 6.07) is -8.53. The largest absolute Gasteiger partial charge is 0.481 e. The Kier molecular flexibility index (Phi) is 19.7. The van der Waals surface area contributed by atoms with Crippen LogP contribution in [0.25, 0.3) is 0 Å². The van der Waals surface area contributed by atoms with Gasteiger partial charge in [0.2, 0.25) is 29.5 Å². The summed E-state index contributed by atoms with van der Waals surface area (Å²) in [5.74, 6) is -9.11. The van der Waals surface area contributed by atoms with Gasteiger partial charge < -0.3 is 52.7 Å². The number of carbonyl (C=O) groups is 8. The number of aliphatic carboxylic acids is 3. The first-order chi connectivity index (χ1) is 22.5. The molecule has 0 fully saturated rings. The molecule has 7 atom stereocenters. The van der Waals surface area contributed by atoms with Crippen LogP contribution in [0.5, 0.6) is 0 Å². The third kappa shape index (κ3) is 18.1. The molecule has 49 heavy (non-hydrogen) atoms. The van der Waals surface area contributed by atoms with E-state index in [0.717, 1.165) is 0 Å². The van der Waals surface area contributed by atoms with E-state index in [2.05, 4.69) is 26.6 Å². The molecular formula is C31H54N6O12. The number of carbonyl (C=O) groups excluding carboxylic acids is 5. The van der Waals surface area contributed by atoms with Gasteiger partial charge in [0.1, 0.15) is 30.2 Å². The van der Waals surface area contributed by atoms with Gasteiger partial charge in [0.05, 0.1) is 18.6 Å². The quantitative estimate of drug-likeness (QED) is 0.0592. The summed E-state index contributed by atoms with van der Waals surface area (Å²) in [7, 11) is 0. The van der Waals surface area contributed by atoms with Crippen LogP contribution in [0.3, 0.4) is 0 Å². The number of hydrogen-bond donors (Lipinski definition) is 10. The summed E-state index contributed by atoms with van der Waals surface area (Å²) >= 11 is 0. The maximum atomic E-state index is 13.5. The highest BCUT2D eigenvalue weighted by Crippen LogP contribution is 2.11. The van der Waals surface area contributed by atoms with Gasteiger partial charge >= 0.3 is 17.9 Å². The summed E-state index contributed by atoms with van der Waals surface area (Å²) in [4.78, 5) is 99.7. The molecule has 0 aromatic carbocycles. The minimum absolute atomic E-state index is 0.00389. The number of aliphatic hydroxyl groups is 1. The van der Waals surface area contributed by atoms with Crippen molar-refractivity contribution in [2.24, 2.45) is 23.5 Å². The maximum Gasteiger partial charge on any atom is 0.326 e. The standard InChI is InChI=1S/C31H54N6O12/c1-14(2)10-20(34-26(43)18(32)13-24(41)42)28(45)33-19(8-9-23(39)40)27(44)35-21(11-15(3)4)29(46)37-25(17(7)38)30(47)36-22(31(48)49)12-16(5)6/h14-22,25,38H,8-13,32H2,1-7H3,(H,33,45)(H,34,43)(H,35,44)(H,36,47)(H,37,46)(H,39,40)(H,41,42)(H,48,49)/t17-,18+,19+,20+,21+,22+,25+/m1/s1. The number of nitrogens with two attached hydrogens (primary N) is 1. The highest BCUT2D eigenvalue weighted by atomic mass is 16.4. The molecule has 0 unspecified atom stereocenters. The zero-order valence-corrected chi connectivity index (χ0v) is 29.1. The van der Waals surface area contributed by atoms with Crippen molar-refractivity contribution in [1.29, 1.82) is 0 Å². The van der Waals surface area contributed by atoms with Crippen LogP contribution in [0.4, 0.5) is 0 Å². The molecule has 0 saturated carbocycles. The van der Waals surface area contributed by atoms with Gasteiger partial charge in [0, 0.05) is 6.42 Å². The third-order valence-corrected chi connectivity index (χ3v) is 7.08. The van der Waals surface area contributed by atoms with Crippen molar-refractivity contribution in [2.45, 2.75) is 129 Å². The van der Waals surface area contributed by atoms with Crippen molar-refractivity contribution in [1.82, 2.24) is 26.6 Å². The van der Waals surface area contributed by atoms with E-state index in [0.29, 0.717) is 0 Å². The molecular weight excluding hydrogens is 648 g/mol. The fourth-order valence-corrected chi connectivity index (χ4v) is 4.66. The second-order valence-electron chi connectivity index (χ2n) is 13.3. The molecule has 0 rings (SSSR count). The van der Waals surface area contributed by atoms with Gasteiger partial charge in [0.15, 0.2) is 0 Å². The lowest BCUT2D eigenvalue weighted by atomic mass is 10.00. The molecule has 0 aliphatic rings. The summed E-state index contributed by atoms with van der Waals surface area (Å²) in [6.45, 7) is 11.6. The topological polar surface area (TPSA) is 304 Å². The Balaban J connectivity index is 6.16. The molecule has 0 bridgehead atoms. The third-order valence-electron chi connectivity index (χ3n) is 7.08. The summed E-state index contributed by atoms with van der Waals surface area (Å²) in [6.07, 6.45) is -3.05. The molecule has 0 aliphatic heterocycles. The number of amides is 5. The Labute approximate surface area is 285 Å². The number of hydrogen-bond acceptors (Lipinski definition) is 10. The minimum Gasteiger partial charge on any atom is -0.481 e. The summed E-state index contributed by atoms with van der Waals surface area (Å²) in [5.41, 5.74) is 5.62. The molecule has 0 aromatic rings. The fourth-order valence-electron chi connectivity index (χ4n) is 4.66. The average molecular weight is 703 g/mol. The van der Waals surface area contributed by atoms with E-state index in [1.54, 1.807) is 41.5 Å². The number of carboxylic acids is 3. The van der Waals surface area contributed by atoms with Crippen molar-refractivity contribution in [3.63, 3.8) is 0 Å². The lowest BCUT2D eigenvalue weighted by molar-refractivity contribution is -0.143. The van der Waals surface area contributed by atoms with Crippen molar-refractivity contribution in [3.05, 3.63) is 0 Å². The zero-order valence-electron chi connectivity index (χ0n) is 29.1. The minimum atomic E-state index is -1.61. The van der Waals surface area contributed by atoms with Crippen LogP contribution in [0.1, 0.15) is 87.0 Å². The van der Waals surface area contributed by atoms with Crippen molar-refractivity contribution in [3.8, 4) is 0 Å². The van der Waals surface area contributed by atoms with Crippen LogP contribution in [0, 0.1) is 17.8 Å². The van der Waals surface area contributed by atoms with Gasteiger partial charge in [-0.2, -0.15) is 0 Å². The molecule has 18 nitrogen and oxygen atoms in total. The molecule has 18 heteroatoms. The Morgan fingerprint density at radius 1 is 0.531 bits per heavy atom. The Morgan fingerprint density at radius 2 is 0.918 bits per heavy atom. The molecule has 5 amide bonds. The van der Waals surface area contributed by atoms with E-state index in [9.17, 15) is 53.7 Å². The predicted octanol–water partition coefficient (Wildman–Crippen LogP) is -1.32. The van der Waals surface area contributed by atoms with Crippen LogP contribution in [0.15, 0.2) is 0 Å². The molecule has 0 saturated heterocycles. The lowest BCUT2D eigenvalue weighted by Gasteiger charge is -2.28. The van der Waals surface area contributed by atoms with Gasteiger partial charge in [-0.05, 0) is 50.4 Å². The maximum absolute atomic E-state index is 13.5. The summed E-state index contributed by atoms with van der Waals surface area (Å²) < 4.78 is 0. The monoisotopic (exact) mass is 702 g/mol. The van der Waals surface area contributed by atoms with Crippen LogP contribution in [-0.4, -0.2) is 110 Å². The summed E-state index contributed by atoms with van der Waals surface area (Å²) in [5, 5.41) is 49.9. The molecule has 0 radical (unpaired) electrons. The molecule has 11 N–H and O–H groups in total. The van der Waals surface area contributed by atoms with Gasteiger partial charge in [-0.3, -0.25) is 33.6 Å². The van der Waals surface area contributed by atoms with E-state index in [1.165, 1.54) is 6.92 Å². The average Bonchev–Trinajstić information content (AvgIpc) is 2.94. The lowest BCUT2D eigenvalue weighted by Crippen LogP contribution is -2.61. The Hall–Kier alpha value is -4.32. The van der Waals surface area contributed by atoms with Gasteiger partial charge in [-0.1, -0.05) is 41.5 Å². The van der Waals surface area contributed by atoms with E-state index in [-0.39, 0.29) is 37.0 Å². The Morgan fingerprint density at radius 3 is 1.33 bits per heavy atom. The number of nitrogens with one attached hydrogen (secondary N) is 5. The second kappa shape index (κ2) is 21.6. The van der Waals surface area contributed by atoms with E-state index in [1.807, 2.05) is 0 Å². The normalized spacial score (nSPS) is 15.6. The smallest absolute Gasteiger partial charge is 0.326 e. The van der Waals surface area contributed by atoms with Gasteiger partial charge in [-0.15, -0.1) is 0 Å². The second-order valence-corrected chi connectivity index (χ2v) is 13.3. The Bertz CT molecular complexity index is 1180. The van der Waals surface area contributed by atoms with E-state index < -0.39 is 109 Å². The predicted molar refractivity (Wildman–Crippen MR) is 174 cm³/mol. The number of aliphatic hydroxyl groups excluding tert-OH is 1. The molecule has 0 aliphatic carbocycles. The zero-order chi connectivity index (χ0) is 38.2. The number of rotatable bonds is 23. The van der Waals surface area contributed by atoms with Gasteiger partial charge in [0.25, 0.3) is 0 Å². The molecule has 0 aromatic heterocycles. The van der Waals surface area contributed by atoms with Crippen LogP contribution >= 0.6 is 0 Å². The van der Waals surface area contributed by atoms with Crippen molar-refractivity contribution >= 4 is 47.4 Å². The highest BCUT2D eigenvalue weighted by Gasteiger charge is 2.35. The van der Waals surface area contributed by atoms with Crippen LogP contribution < -0.4 is 32.3 Å². The van der Waals surface area contributed by atoms with Crippen molar-refractivity contribution in [2.75, 3.05) is 0 Å². The molecule has 0 spiro atoms. The van der Waals surface area contributed by atoms with Crippen molar-refractivity contribution < 1.29 is 58.8 Å². The van der Waals surface area contributed by atoms with Crippen LogP contribution in [0.2, 0.25) is 0 Å². The van der Waals surface area contributed by atoms with Crippen LogP contribution in [-0.2, 0) is 38.4 Å². The first kappa shape index (κ1) is 44.7.